The summed E-state index contributed by atoms with van der Waals surface area (Å²) >= 11 is 3.53. The minimum atomic E-state index is 0.694. The van der Waals surface area contributed by atoms with Crippen LogP contribution in [0.1, 0.15) is 18.9 Å². The van der Waals surface area contributed by atoms with Crippen LogP contribution in [0.25, 0.3) is 0 Å². The fraction of sp³-hybridized carbons (Fsp3) is 0.308. The van der Waals surface area contributed by atoms with E-state index in [1.807, 2.05) is 18.2 Å². The number of halogens is 1. The van der Waals surface area contributed by atoms with Crippen molar-refractivity contribution in [3.63, 3.8) is 0 Å². The Bertz CT molecular complexity index is 471. The molecular weight excluding hydrogens is 264 g/mol. The van der Waals surface area contributed by atoms with E-state index in [0.717, 1.165) is 24.0 Å². The van der Waals surface area contributed by atoms with Crippen molar-refractivity contribution in [1.29, 1.82) is 5.26 Å². The van der Waals surface area contributed by atoms with Gasteiger partial charge in [-0.05, 0) is 47.5 Å². The molecule has 16 heavy (non-hydrogen) atoms. The van der Waals surface area contributed by atoms with Crippen molar-refractivity contribution in [2.24, 2.45) is 0 Å². The Morgan fingerprint density at radius 2 is 2.25 bits per heavy atom. The van der Waals surface area contributed by atoms with Gasteiger partial charge in [-0.3, -0.25) is 0 Å². The Kier molecular flexibility index (Phi) is 3.31. The number of anilines is 1. The summed E-state index contributed by atoms with van der Waals surface area (Å²) < 4.78 is 1.00. The fourth-order valence-electron chi connectivity index (χ4n) is 1.95. The molecule has 0 fully saturated rings. The van der Waals surface area contributed by atoms with Gasteiger partial charge in [-0.15, -0.1) is 0 Å². The largest absolute Gasteiger partial charge is 0.366 e. The zero-order valence-corrected chi connectivity index (χ0v) is 10.8. The van der Waals surface area contributed by atoms with Crippen molar-refractivity contribution in [1.82, 2.24) is 0 Å². The number of benzene rings is 1. The first-order valence-corrected chi connectivity index (χ1v) is 6.10. The number of hydrogen-bond acceptors (Lipinski definition) is 2. The molecule has 0 N–H and O–H groups in total. The third kappa shape index (κ3) is 2.28. The Morgan fingerprint density at radius 3 is 2.88 bits per heavy atom. The van der Waals surface area contributed by atoms with Crippen LogP contribution in [0.15, 0.2) is 34.3 Å². The molecular formula is C13H13BrN2. The first-order valence-electron chi connectivity index (χ1n) is 5.31. The topological polar surface area (TPSA) is 27.0 Å². The molecule has 1 aromatic rings. The summed E-state index contributed by atoms with van der Waals surface area (Å²) in [5.74, 6) is 0. The monoisotopic (exact) mass is 276 g/mol. The Labute approximate surface area is 104 Å². The first-order chi connectivity index (χ1) is 7.70. The molecule has 0 bridgehead atoms. The normalized spacial score (nSPS) is 15.6. The number of rotatable bonds is 1. The maximum atomic E-state index is 8.81. The molecule has 0 spiro atoms. The van der Waals surface area contributed by atoms with Gasteiger partial charge in [-0.2, -0.15) is 5.26 Å². The SMILES string of the molecule is CC1=CCCN(c2ccc(C#N)cc2Br)C1. The van der Waals surface area contributed by atoms with Crippen molar-refractivity contribution in [3.8, 4) is 6.07 Å². The smallest absolute Gasteiger partial charge is 0.0992 e. The van der Waals surface area contributed by atoms with Crippen LogP contribution in [0.4, 0.5) is 5.69 Å². The lowest BCUT2D eigenvalue weighted by Crippen LogP contribution is -2.29. The molecule has 1 aliphatic heterocycles. The van der Waals surface area contributed by atoms with Crippen molar-refractivity contribution in [3.05, 3.63) is 39.9 Å². The highest BCUT2D eigenvalue weighted by Gasteiger charge is 2.13. The van der Waals surface area contributed by atoms with Crippen molar-refractivity contribution < 1.29 is 0 Å². The van der Waals surface area contributed by atoms with Gasteiger partial charge in [0.25, 0.3) is 0 Å². The van der Waals surface area contributed by atoms with Crippen LogP contribution >= 0.6 is 15.9 Å². The number of nitrogens with zero attached hydrogens (tertiary/aromatic N) is 2. The first kappa shape index (κ1) is 11.2. The highest BCUT2D eigenvalue weighted by atomic mass is 79.9. The van der Waals surface area contributed by atoms with E-state index in [4.69, 9.17) is 5.26 Å². The van der Waals surface area contributed by atoms with E-state index in [-0.39, 0.29) is 0 Å². The lowest BCUT2D eigenvalue weighted by atomic mass is 10.1. The van der Waals surface area contributed by atoms with E-state index in [2.05, 4.69) is 39.9 Å². The molecule has 1 aliphatic rings. The molecule has 0 saturated heterocycles. The summed E-state index contributed by atoms with van der Waals surface area (Å²) in [5.41, 5.74) is 3.27. The zero-order valence-electron chi connectivity index (χ0n) is 9.20. The maximum absolute atomic E-state index is 8.81. The molecule has 0 aromatic heterocycles. The van der Waals surface area contributed by atoms with Crippen LogP contribution in [0.2, 0.25) is 0 Å². The van der Waals surface area contributed by atoms with Crippen LogP contribution in [0, 0.1) is 11.3 Å². The Hall–Kier alpha value is -1.27. The highest BCUT2D eigenvalue weighted by molar-refractivity contribution is 9.10. The van der Waals surface area contributed by atoms with Gasteiger partial charge in [0.15, 0.2) is 0 Å². The fourth-order valence-corrected chi connectivity index (χ4v) is 2.58. The predicted molar refractivity (Wildman–Crippen MR) is 69.4 cm³/mol. The minimum absolute atomic E-state index is 0.694. The molecule has 1 aromatic carbocycles. The predicted octanol–water partition coefficient (Wildman–Crippen LogP) is 3.48. The molecule has 0 radical (unpaired) electrons. The molecule has 0 aliphatic carbocycles. The summed E-state index contributed by atoms with van der Waals surface area (Å²) in [6.07, 6.45) is 3.38. The summed E-state index contributed by atoms with van der Waals surface area (Å²) in [7, 11) is 0. The summed E-state index contributed by atoms with van der Waals surface area (Å²) in [5, 5.41) is 8.81. The number of nitriles is 1. The summed E-state index contributed by atoms with van der Waals surface area (Å²) in [6, 6.07) is 7.91. The molecule has 0 saturated carbocycles. The third-order valence-electron chi connectivity index (χ3n) is 2.75. The highest BCUT2D eigenvalue weighted by Crippen LogP contribution is 2.29. The molecule has 3 heteroatoms. The number of hydrogen-bond donors (Lipinski definition) is 0. The van der Waals surface area contributed by atoms with Gasteiger partial charge in [0, 0.05) is 17.6 Å². The molecule has 82 valence electrons. The van der Waals surface area contributed by atoms with Gasteiger partial charge < -0.3 is 4.90 Å². The quantitative estimate of drug-likeness (QED) is 0.735. The molecule has 1 heterocycles. The van der Waals surface area contributed by atoms with Crippen LogP contribution in [0.5, 0.6) is 0 Å². The lowest BCUT2D eigenvalue weighted by Gasteiger charge is -2.29. The second kappa shape index (κ2) is 4.71. The van der Waals surface area contributed by atoms with E-state index in [1.54, 1.807) is 0 Å². The van der Waals surface area contributed by atoms with E-state index in [1.165, 1.54) is 11.3 Å². The maximum Gasteiger partial charge on any atom is 0.0992 e. The second-order valence-corrected chi connectivity index (χ2v) is 4.89. The van der Waals surface area contributed by atoms with Crippen LogP contribution in [-0.2, 0) is 0 Å². The van der Waals surface area contributed by atoms with Gasteiger partial charge in [0.2, 0.25) is 0 Å². The van der Waals surface area contributed by atoms with Crippen molar-refractivity contribution in [2.75, 3.05) is 18.0 Å². The van der Waals surface area contributed by atoms with Gasteiger partial charge >= 0.3 is 0 Å². The molecule has 0 amide bonds. The Balaban J connectivity index is 2.28. The molecule has 2 rings (SSSR count). The van der Waals surface area contributed by atoms with E-state index < -0.39 is 0 Å². The second-order valence-electron chi connectivity index (χ2n) is 4.04. The average Bonchev–Trinajstić information content (AvgIpc) is 2.28. The van der Waals surface area contributed by atoms with E-state index in [0.29, 0.717) is 5.56 Å². The molecule has 0 unspecified atom stereocenters. The average molecular weight is 277 g/mol. The van der Waals surface area contributed by atoms with Crippen molar-refractivity contribution >= 4 is 21.6 Å². The minimum Gasteiger partial charge on any atom is -0.366 e. The van der Waals surface area contributed by atoms with Crippen molar-refractivity contribution in [2.45, 2.75) is 13.3 Å². The summed E-state index contributed by atoms with van der Waals surface area (Å²) in [4.78, 5) is 2.33. The van der Waals surface area contributed by atoms with Gasteiger partial charge in [0.1, 0.15) is 0 Å². The molecule has 2 nitrogen and oxygen atoms in total. The van der Waals surface area contributed by atoms with Gasteiger partial charge in [0.05, 0.1) is 17.3 Å². The summed E-state index contributed by atoms with van der Waals surface area (Å²) in [6.45, 7) is 4.18. The third-order valence-corrected chi connectivity index (χ3v) is 3.38. The van der Waals surface area contributed by atoms with Crippen LogP contribution in [0.3, 0.4) is 0 Å². The van der Waals surface area contributed by atoms with E-state index in [9.17, 15) is 0 Å². The molecule has 0 atom stereocenters. The van der Waals surface area contributed by atoms with Crippen LogP contribution < -0.4 is 4.90 Å². The van der Waals surface area contributed by atoms with Gasteiger partial charge in [-0.1, -0.05) is 11.6 Å². The zero-order chi connectivity index (χ0) is 11.5. The Morgan fingerprint density at radius 1 is 1.44 bits per heavy atom. The van der Waals surface area contributed by atoms with Crippen LogP contribution in [-0.4, -0.2) is 13.1 Å². The lowest BCUT2D eigenvalue weighted by molar-refractivity contribution is 0.789. The standard InChI is InChI=1S/C13H13BrN2/c1-10-3-2-6-16(9-10)13-5-4-11(8-15)7-12(13)14/h3-5,7H,2,6,9H2,1H3. The van der Waals surface area contributed by atoms with Gasteiger partial charge in [-0.25, -0.2) is 0 Å². The van der Waals surface area contributed by atoms with E-state index >= 15 is 0 Å².